The number of halogens is 1. The zero-order valence-electron chi connectivity index (χ0n) is 11.4. The lowest BCUT2D eigenvalue weighted by Crippen LogP contribution is -2.04. The molecule has 0 aliphatic rings. The highest BCUT2D eigenvalue weighted by atomic mass is 35.7. The molecule has 0 aliphatic heterocycles. The smallest absolute Gasteiger partial charge is 0.263 e. The van der Waals surface area contributed by atoms with E-state index < -0.39 is 9.05 Å². The summed E-state index contributed by atoms with van der Waals surface area (Å²) in [7, 11) is 1.85. The number of nitrogens with zero attached hydrogens (tertiary/aromatic N) is 1. The molecule has 0 amide bonds. The average Bonchev–Trinajstić information content (AvgIpc) is 2.57. The lowest BCUT2D eigenvalue weighted by Gasteiger charge is -2.10. The van der Waals surface area contributed by atoms with Crippen LogP contribution in [0.5, 0.6) is 0 Å². The first kappa shape index (κ1) is 14.4. The van der Waals surface area contributed by atoms with E-state index in [9.17, 15) is 8.42 Å². The molecule has 0 radical (unpaired) electrons. The molecule has 0 fully saturated rings. The van der Waals surface area contributed by atoms with E-state index in [1.807, 2.05) is 35.8 Å². The summed E-state index contributed by atoms with van der Waals surface area (Å²) in [5.41, 5.74) is 1.65. The third-order valence-corrected chi connectivity index (χ3v) is 4.81. The van der Waals surface area contributed by atoms with Gasteiger partial charge in [-0.05, 0) is 25.3 Å². The van der Waals surface area contributed by atoms with Gasteiger partial charge in [-0.3, -0.25) is 0 Å². The number of fused-ring (bicyclic) bond motifs is 1. The van der Waals surface area contributed by atoms with Crippen molar-refractivity contribution in [2.24, 2.45) is 5.92 Å². The van der Waals surface area contributed by atoms with Crippen molar-refractivity contribution in [1.29, 1.82) is 0 Å². The fourth-order valence-electron chi connectivity index (χ4n) is 2.38. The van der Waals surface area contributed by atoms with Gasteiger partial charge in [0.1, 0.15) is 4.90 Å². The predicted octanol–water partition coefficient (Wildman–Crippen LogP) is 3.92. The summed E-state index contributed by atoms with van der Waals surface area (Å²) in [6, 6.07) is 7.50. The molecular formula is C14H18ClNO2S. The van der Waals surface area contributed by atoms with Crippen molar-refractivity contribution in [2.75, 3.05) is 0 Å². The second-order valence-corrected chi connectivity index (χ2v) is 7.71. The van der Waals surface area contributed by atoms with Crippen LogP contribution in [-0.2, 0) is 15.6 Å². The van der Waals surface area contributed by atoms with Gasteiger partial charge in [0.05, 0.1) is 0 Å². The number of hydrogen-bond donors (Lipinski definition) is 0. The van der Waals surface area contributed by atoms with Crippen LogP contribution in [0.25, 0.3) is 10.9 Å². The molecule has 5 heteroatoms. The molecule has 1 heterocycles. The highest BCUT2D eigenvalue weighted by Crippen LogP contribution is 2.32. The number of aryl methyl sites for hydroxylation is 1. The van der Waals surface area contributed by atoms with E-state index in [1.165, 1.54) is 0 Å². The summed E-state index contributed by atoms with van der Waals surface area (Å²) >= 11 is 0. The molecule has 0 atom stereocenters. The van der Waals surface area contributed by atoms with Crippen LogP contribution in [0.3, 0.4) is 0 Å². The van der Waals surface area contributed by atoms with Crippen molar-refractivity contribution >= 4 is 30.6 Å². The number of aromatic nitrogens is 1. The Balaban J connectivity index is 2.68. The second-order valence-electron chi connectivity index (χ2n) is 5.20. The fraction of sp³-hybridized carbons (Fsp3) is 0.429. The molecule has 2 aromatic rings. The summed E-state index contributed by atoms with van der Waals surface area (Å²) in [6.45, 7) is 6.92. The van der Waals surface area contributed by atoms with Crippen molar-refractivity contribution < 1.29 is 8.42 Å². The molecule has 2 rings (SSSR count). The molecule has 0 unspecified atom stereocenters. The Kier molecular flexibility index (Phi) is 3.92. The Hall–Kier alpha value is -1.00. The number of benzene rings is 1. The minimum absolute atomic E-state index is 0.244. The van der Waals surface area contributed by atoms with Gasteiger partial charge < -0.3 is 4.57 Å². The molecule has 0 aliphatic carbocycles. The topological polar surface area (TPSA) is 39.1 Å². The van der Waals surface area contributed by atoms with Crippen LogP contribution >= 0.6 is 10.7 Å². The van der Waals surface area contributed by atoms with Gasteiger partial charge >= 0.3 is 0 Å². The molecular weight excluding hydrogens is 282 g/mol. The average molecular weight is 300 g/mol. The van der Waals surface area contributed by atoms with Gasteiger partial charge in [0.2, 0.25) is 0 Å². The molecule has 1 aromatic carbocycles. The summed E-state index contributed by atoms with van der Waals surface area (Å²) < 4.78 is 25.6. The van der Waals surface area contributed by atoms with Gasteiger partial charge in [0.25, 0.3) is 9.05 Å². The number of para-hydroxylation sites is 1. The summed E-state index contributed by atoms with van der Waals surface area (Å²) in [5, 5.41) is 0.707. The van der Waals surface area contributed by atoms with Crippen LogP contribution in [0.4, 0.5) is 0 Å². The summed E-state index contributed by atoms with van der Waals surface area (Å²) in [4.78, 5) is 0.244. The highest BCUT2D eigenvalue weighted by molar-refractivity contribution is 8.14. The maximum Gasteiger partial charge on any atom is 0.263 e. The monoisotopic (exact) mass is 299 g/mol. The predicted molar refractivity (Wildman–Crippen MR) is 79.2 cm³/mol. The van der Waals surface area contributed by atoms with Crippen LogP contribution < -0.4 is 0 Å². The van der Waals surface area contributed by atoms with Crippen molar-refractivity contribution in [1.82, 2.24) is 4.57 Å². The number of rotatable bonds is 4. The largest absolute Gasteiger partial charge is 0.343 e. The van der Waals surface area contributed by atoms with Crippen LogP contribution in [0.2, 0.25) is 0 Å². The zero-order valence-corrected chi connectivity index (χ0v) is 12.9. The SMILES string of the molecule is Cc1c(S(=O)(=O)Cl)c2ccccc2n1CCC(C)C. The molecule has 0 N–H and O–H groups in total. The minimum atomic E-state index is -3.73. The van der Waals surface area contributed by atoms with E-state index in [2.05, 4.69) is 13.8 Å². The van der Waals surface area contributed by atoms with Crippen molar-refractivity contribution in [3.8, 4) is 0 Å². The van der Waals surface area contributed by atoms with Gasteiger partial charge in [-0.25, -0.2) is 8.42 Å². The Morgan fingerprint density at radius 2 is 1.89 bits per heavy atom. The van der Waals surface area contributed by atoms with Gasteiger partial charge in [0, 0.05) is 33.8 Å². The molecule has 3 nitrogen and oxygen atoms in total. The van der Waals surface area contributed by atoms with E-state index in [1.54, 1.807) is 0 Å². The first-order chi connectivity index (χ1) is 8.82. The fourth-order valence-corrected chi connectivity index (χ4v) is 3.87. The molecule has 1 aromatic heterocycles. The quantitative estimate of drug-likeness (QED) is 0.803. The third-order valence-electron chi connectivity index (χ3n) is 3.35. The van der Waals surface area contributed by atoms with Gasteiger partial charge in [-0.15, -0.1) is 0 Å². The lowest BCUT2D eigenvalue weighted by molar-refractivity contribution is 0.517. The summed E-state index contributed by atoms with van der Waals surface area (Å²) in [5.74, 6) is 0.566. The van der Waals surface area contributed by atoms with Crippen LogP contribution in [0.15, 0.2) is 29.2 Å². The van der Waals surface area contributed by atoms with Gasteiger partial charge in [-0.2, -0.15) is 0 Å². The normalized spacial score (nSPS) is 12.5. The maximum atomic E-state index is 11.8. The Morgan fingerprint density at radius 1 is 1.26 bits per heavy atom. The van der Waals surface area contributed by atoms with E-state index in [0.717, 1.165) is 24.2 Å². The van der Waals surface area contributed by atoms with Crippen LogP contribution in [-0.4, -0.2) is 13.0 Å². The van der Waals surface area contributed by atoms with Gasteiger partial charge in [-0.1, -0.05) is 32.0 Å². The highest BCUT2D eigenvalue weighted by Gasteiger charge is 2.22. The first-order valence-corrected chi connectivity index (χ1v) is 8.65. The molecule has 104 valence electrons. The minimum Gasteiger partial charge on any atom is -0.343 e. The maximum absolute atomic E-state index is 11.8. The molecule has 0 bridgehead atoms. The van der Waals surface area contributed by atoms with E-state index in [0.29, 0.717) is 11.3 Å². The first-order valence-electron chi connectivity index (χ1n) is 6.35. The molecule has 0 saturated heterocycles. The van der Waals surface area contributed by atoms with Gasteiger partial charge in [0.15, 0.2) is 0 Å². The summed E-state index contributed by atoms with van der Waals surface area (Å²) in [6.07, 6.45) is 1.00. The van der Waals surface area contributed by atoms with Crippen molar-refractivity contribution in [3.05, 3.63) is 30.0 Å². The zero-order chi connectivity index (χ0) is 14.2. The van der Waals surface area contributed by atoms with Crippen molar-refractivity contribution in [3.63, 3.8) is 0 Å². The molecule has 0 saturated carbocycles. The van der Waals surface area contributed by atoms with E-state index in [-0.39, 0.29) is 4.90 Å². The van der Waals surface area contributed by atoms with E-state index >= 15 is 0 Å². The Labute approximate surface area is 118 Å². The van der Waals surface area contributed by atoms with Crippen LogP contribution in [0.1, 0.15) is 26.0 Å². The second kappa shape index (κ2) is 5.17. The van der Waals surface area contributed by atoms with Crippen LogP contribution in [0, 0.1) is 12.8 Å². The molecule has 19 heavy (non-hydrogen) atoms. The third kappa shape index (κ3) is 2.79. The number of hydrogen-bond acceptors (Lipinski definition) is 2. The Bertz CT molecular complexity index is 702. The standard InChI is InChI=1S/C14H18ClNO2S/c1-10(2)8-9-16-11(3)14(19(15,17)18)12-6-4-5-7-13(12)16/h4-7,10H,8-9H2,1-3H3. The Morgan fingerprint density at radius 3 is 2.47 bits per heavy atom. The molecule has 0 spiro atoms. The van der Waals surface area contributed by atoms with E-state index in [4.69, 9.17) is 10.7 Å². The lowest BCUT2D eigenvalue weighted by atomic mass is 10.1. The van der Waals surface area contributed by atoms with Crippen molar-refractivity contribution in [2.45, 2.75) is 38.6 Å².